The van der Waals surface area contributed by atoms with Crippen LogP contribution in [0.25, 0.3) is 11.1 Å². The van der Waals surface area contributed by atoms with E-state index < -0.39 is 12.1 Å². The maximum absolute atomic E-state index is 12.4. The summed E-state index contributed by atoms with van der Waals surface area (Å²) in [6.45, 7) is 2.09. The van der Waals surface area contributed by atoms with E-state index in [4.69, 9.17) is 9.84 Å². The molecule has 0 radical (unpaired) electrons. The van der Waals surface area contributed by atoms with Gasteiger partial charge in [-0.05, 0) is 54.4 Å². The number of hydrogen-bond donors (Lipinski definition) is 3. The van der Waals surface area contributed by atoms with Crippen LogP contribution in [0.5, 0.6) is 0 Å². The maximum Gasteiger partial charge on any atom is 0.407 e. The third-order valence-electron chi connectivity index (χ3n) is 6.95. The van der Waals surface area contributed by atoms with Crippen molar-refractivity contribution in [2.24, 2.45) is 5.92 Å². The van der Waals surface area contributed by atoms with Crippen molar-refractivity contribution < 1.29 is 24.2 Å². The molecule has 0 aliphatic heterocycles. The van der Waals surface area contributed by atoms with Crippen LogP contribution in [0.3, 0.4) is 0 Å². The van der Waals surface area contributed by atoms with Gasteiger partial charge in [0.1, 0.15) is 6.61 Å². The minimum absolute atomic E-state index is 0.00201. The van der Waals surface area contributed by atoms with Gasteiger partial charge in [0.05, 0.1) is 6.42 Å². The molecule has 7 nitrogen and oxygen atoms in total. The van der Waals surface area contributed by atoms with Crippen molar-refractivity contribution in [3.05, 3.63) is 59.7 Å². The first-order chi connectivity index (χ1) is 16.4. The van der Waals surface area contributed by atoms with Gasteiger partial charge in [0.2, 0.25) is 5.91 Å². The average molecular weight is 465 g/mol. The number of carboxylic acid groups (broad SMARTS) is 1. The molecule has 2 aromatic rings. The molecule has 2 aliphatic carbocycles. The second kappa shape index (κ2) is 10.7. The minimum Gasteiger partial charge on any atom is -0.481 e. The fourth-order valence-corrected chi connectivity index (χ4v) is 5.24. The molecular formula is C27H32N2O5. The summed E-state index contributed by atoms with van der Waals surface area (Å²) in [4.78, 5) is 35.8. The summed E-state index contributed by atoms with van der Waals surface area (Å²) in [5.74, 6) is -0.933. The highest BCUT2D eigenvalue weighted by Gasteiger charge is 2.31. The van der Waals surface area contributed by atoms with Crippen molar-refractivity contribution in [2.75, 3.05) is 6.61 Å². The molecule has 0 saturated heterocycles. The first-order valence-electron chi connectivity index (χ1n) is 12.0. The Kier molecular flexibility index (Phi) is 7.50. The Morgan fingerprint density at radius 3 is 2.32 bits per heavy atom. The number of benzene rings is 2. The monoisotopic (exact) mass is 464 g/mol. The Morgan fingerprint density at radius 1 is 1.03 bits per heavy atom. The molecule has 0 heterocycles. The number of hydrogen-bond acceptors (Lipinski definition) is 4. The zero-order chi connectivity index (χ0) is 24.1. The Balaban J connectivity index is 1.22. The number of carbonyl (C=O) groups is 3. The summed E-state index contributed by atoms with van der Waals surface area (Å²) in [7, 11) is 0. The third kappa shape index (κ3) is 5.58. The molecule has 0 bridgehead atoms. The van der Waals surface area contributed by atoms with E-state index in [1.165, 1.54) is 11.1 Å². The topological polar surface area (TPSA) is 105 Å². The molecule has 1 fully saturated rings. The van der Waals surface area contributed by atoms with Gasteiger partial charge in [-0.15, -0.1) is 0 Å². The summed E-state index contributed by atoms with van der Waals surface area (Å²) in [5, 5.41) is 14.8. The highest BCUT2D eigenvalue weighted by atomic mass is 16.5. The highest BCUT2D eigenvalue weighted by Crippen LogP contribution is 2.44. The van der Waals surface area contributed by atoms with E-state index >= 15 is 0 Å². The van der Waals surface area contributed by atoms with Crippen LogP contribution in [0.15, 0.2) is 48.5 Å². The molecule has 180 valence electrons. The van der Waals surface area contributed by atoms with Crippen molar-refractivity contribution in [3.8, 4) is 11.1 Å². The van der Waals surface area contributed by atoms with Crippen LogP contribution in [-0.4, -0.2) is 41.8 Å². The summed E-state index contributed by atoms with van der Waals surface area (Å²) >= 11 is 0. The molecule has 2 aliphatic rings. The largest absolute Gasteiger partial charge is 0.481 e. The molecule has 7 heteroatoms. The van der Waals surface area contributed by atoms with Crippen LogP contribution < -0.4 is 10.6 Å². The fraction of sp³-hybridized carbons (Fsp3) is 0.444. The molecule has 0 spiro atoms. The van der Waals surface area contributed by atoms with Gasteiger partial charge in [0, 0.05) is 24.4 Å². The van der Waals surface area contributed by atoms with E-state index in [0.717, 1.165) is 30.4 Å². The normalized spacial score (nSPS) is 19.7. The first-order valence-corrected chi connectivity index (χ1v) is 12.0. The third-order valence-corrected chi connectivity index (χ3v) is 6.95. The van der Waals surface area contributed by atoms with E-state index in [1.807, 2.05) is 31.2 Å². The van der Waals surface area contributed by atoms with Crippen molar-refractivity contribution in [3.63, 3.8) is 0 Å². The van der Waals surface area contributed by atoms with E-state index in [0.29, 0.717) is 6.42 Å². The molecule has 1 saturated carbocycles. The van der Waals surface area contributed by atoms with Crippen molar-refractivity contribution in [1.29, 1.82) is 0 Å². The molecule has 1 unspecified atom stereocenters. The van der Waals surface area contributed by atoms with Crippen LogP contribution in [0.1, 0.15) is 62.5 Å². The summed E-state index contributed by atoms with van der Waals surface area (Å²) in [6, 6.07) is 16.1. The van der Waals surface area contributed by atoms with Crippen LogP contribution in [0.2, 0.25) is 0 Å². The number of fused-ring (bicyclic) bond motifs is 3. The van der Waals surface area contributed by atoms with Crippen molar-refractivity contribution in [2.45, 2.75) is 63.5 Å². The molecule has 0 aromatic heterocycles. The number of nitrogens with one attached hydrogen (secondary N) is 2. The molecule has 3 atom stereocenters. The smallest absolute Gasteiger partial charge is 0.407 e. The standard InChI is InChI=1S/C27H32N2O5/c1-17(13-14-25(30)29-24-12-6-7-18(24)15-26(31)32)28-27(33)34-16-23-21-10-4-2-8-19(21)20-9-3-5-11-22(20)23/h2-5,8-11,17-18,23-24H,6-7,12-16H2,1H3,(H,28,33)(H,29,30)(H,31,32)/t17?,18-,24+/m0/s1. The molecule has 3 N–H and O–H groups in total. The lowest BCUT2D eigenvalue weighted by Gasteiger charge is -2.20. The van der Waals surface area contributed by atoms with Gasteiger partial charge in [0.25, 0.3) is 0 Å². The molecule has 2 amide bonds. The number of rotatable bonds is 9. The van der Waals surface area contributed by atoms with E-state index in [-0.39, 0.29) is 49.3 Å². The second-order valence-corrected chi connectivity index (χ2v) is 9.37. The summed E-state index contributed by atoms with van der Waals surface area (Å²) in [6.07, 6.45) is 2.92. The van der Waals surface area contributed by atoms with Crippen LogP contribution in [0, 0.1) is 5.92 Å². The van der Waals surface area contributed by atoms with Gasteiger partial charge in [0.15, 0.2) is 0 Å². The van der Waals surface area contributed by atoms with Crippen molar-refractivity contribution >= 4 is 18.0 Å². The SMILES string of the molecule is CC(CCC(=O)N[C@@H]1CCC[C@H]1CC(=O)O)NC(=O)OCC1c2ccccc2-c2ccccc21. The number of ether oxygens (including phenoxy) is 1. The minimum atomic E-state index is -0.827. The predicted octanol–water partition coefficient (Wildman–Crippen LogP) is 4.45. The predicted molar refractivity (Wildman–Crippen MR) is 128 cm³/mol. The maximum atomic E-state index is 12.4. The second-order valence-electron chi connectivity index (χ2n) is 9.37. The first kappa shape index (κ1) is 23.8. The van der Waals surface area contributed by atoms with Gasteiger partial charge < -0.3 is 20.5 Å². The Hall–Kier alpha value is -3.35. The lowest BCUT2D eigenvalue weighted by Crippen LogP contribution is -2.39. The van der Waals surface area contributed by atoms with Gasteiger partial charge in [-0.3, -0.25) is 9.59 Å². The van der Waals surface area contributed by atoms with Gasteiger partial charge in [-0.1, -0.05) is 55.0 Å². The Morgan fingerprint density at radius 2 is 1.68 bits per heavy atom. The van der Waals surface area contributed by atoms with Gasteiger partial charge in [-0.2, -0.15) is 0 Å². The zero-order valence-corrected chi connectivity index (χ0v) is 19.5. The van der Waals surface area contributed by atoms with Crippen LogP contribution in [-0.2, 0) is 14.3 Å². The quantitative estimate of drug-likeness (QED) is 0.508. The lowest BCUT2D eigenvalue weighted by atomic mass is 9.98. The number of amides is 2. The molecular weight excluding hydrogens is 432 g/mol. The van der Waals surface area contributed by atoms with Crippen LogP contribution in [0.4, 0.5) is 4.79 Å². The summed E-state index contributed by atoms with van der Waals surface area (Å²) in [5.41, 5.74) is 4.68. The lowest BCUT2D eigenvalue weighted by molar-refractivity contribution is -0.138. The molecule has 2 aromatic carbocycles. The highest BCUT2D eigenvalue weighted by molar-refractivity contribution is 5.79. The van der Waals surface area contributed by atoms with E-state index in [2.05, 4.69) is 34.9 Å². The molecule has 4 rings (SSSR count). The average Bonchev–Trinajstić information content (AvgIpc) is 3.37. The number of aliphatic carboxylic acids is 1. The number of alkyl carbamates (subject to hydrolysis) is 1. The van der Waals surface area contributed by atoms with Gasteiger partial charge >= 0.3 is 12.1 Å². The summed E-state index contributed by atoms with van der Waals surface area (Å²) < 4.78 is 5.57. The Labute approximate surface area is 199 Å². The Bertz CT molecular complexity index is 1010. The van der Waals surface area contributed by atoms with Gasteiger partial charge in [-0.25, -0.2) is 4.79 Å². The molecule has 34 heavy (non-hydrogen) atoms. The van der Waals surface area contributed by atoms with E-state index in [1.54, 1.807) is 0 Å². The zero-order valence-electron chi connectivity index (χ0n) is 19.5. The van der Waals surface area contributed by atoms with E-state index in [9.17, 15) is 14.4 Å². The fourth-order valence-electron chi connectivity index (χ4n) is 5.24. The number of carbonyl (C=O) groups excluding carboxylic acids is 2. The van der Waals surface area contributed by atoms with Crippen LogP contribution >= 0.6 is 0 Å². The number of carboxylic acids is 1. The van der Waals surface area contributed by atoms with Crippen molar-refractivity contribution in [1.82, 2.24) is 10.6 Å².